The van der Waals surface area contributed by atoms with Crippen LogP contribution in [-0.2, 0) is 6.18 Å². The van der Waals surface area contributed by atoms with Crippen molar-refractivity contribution < 1.29 is 13.2 Å². The molecule has 0 spiro atoms. The minimum absolute atomic E-state index is 0.253. The van der Waals surface area contributed by atoms with Crippen LogP contribution in [-0.4, -0.2) is 19.9 Å². The maximum Gasteiger partial charge on any atom is 0.416 e. The van der Waals surface area contributed by atoms with Crippen LogP contribution in [0, 0.1) is 6.92 Å². The molecule has 2 aromatic carbocycles. The molecule has 0 unspecified atom stereocenters. The molecule has 0 amide bonds. The van der Waals surface area contributed by atoms with E-state index in [9.17, 15) is 13.2 Å². The quantitative estimate of drug-likeness (QED) is 0.531. The van der Waals surface area contributed by atoms with Crippen LogP contribution in [0.2, 0.25) is 0 Å². The number of hydrogen-bond donors (Lipinski definition) is 1. The maximum atomic E-state index is 12.7. The normalized spacial score (nSPS) is 11.6. The van der Waals surface area contributed by atoms with Crippen molar-refractivity contribution in [2.45, 2.75) is 13.1 Å². The Kier molecular flexibility index (Phi) is 4.38. The average molecular weight is 381 g/mol. The smallest absolute Gasteiger partial charge is 0.324 e. The Morgan fingerprint density at radius 2 is 1.68 bits per heavy atom. The number of alkyl halides is 3. The minimum atomic E-state index is -4.38. The van der Waals surface area contributed by atoms with Gasteiger partial charge in [-0.3, -0.25) is 4.98 Å². The van der Waals surface area contributed by atoms with Crippen LogP contribution in [0.25, 0.3) is 22.3 Å². The third-order valence-electron chi connectivity index (χ3n) is 4.08. The van der Waals surface area contributed by atoms with E-state index in [2.05, 4.69) is 25.3 Å². The summed E-state index contributed by atoms with van der Waals surface area (Å²) in [4.78, 5) is 17.3. The zero-order chi connectivity index (χ0) is 19.7. The summed E-state index contributed by atoms with van der Waals surface area (Å²) >= 11 is 0. The van der Waals surface area contributed by atoms with E-state index in [1.807, 2.05) is 30.3 Å². The lowest BCUT2D eigenvalue weighted by atomic mass is 10.1. The predicted molar refractivity (Wildman–Crippen MR) is 100 cm³/mol. The fourth-order valence-corrected chi connectivity index (χ4v) is 2.74. The molecule has 4 rings (SSSR count). The molecule has 0 aliphatic carbocycles. The topological polar surface area (TPSA) is 63.6 Å². The van der Waals surface area contributed by atoms with E-state index in [-0.39, 0.29) is 5.95 Å². The number of halogens is 3. The SMILES string of the molecule is Cc1nc(Nc2ccc(C(F)(F)F)cc2)nc(-c2ccc3cccnc3c2)n1. The van der Waals surface area contributed by atoms with Gasteiger partial charge < -0.3 is 5.32 Å². The molecule has 4 aromatic rings. The lowest BCUT2D eigenvalue weighted by Crippen LogP contribution is -2.05. The van der Waals surface area contributed by atoms with E-state index >= 15 is 0 Å². The molecule has 0 fully saturated rings. The Balaban J connectivity index is 1.65. The first kappa shape index (κ1) is 17.8. The second-order valence-corrected chi connectivity index (χ2v) is 6.14. The second kappa shape index (κ2) is 6.88. The van der Waals surface area contributed by atoms with Crippen molar-refractivity contribution in [3.05, 3.63) is 72.2 Å². The van der Waals surface area contributed by atoms with E-state index in [1.165, 1.54) is 12.1 Å². The van der Waals surface area contributed by atoms with Crippen LogP contribution in [0.3, 0.4) is 0 Å². The van der Waals surface area contributed by atoms with Crippen LogP contribution in [0.5, 0.6) is 0 Å². The number of benzene rings is 2. The molecule has 28 heavy (non-hydrogen) atoms. The zero-order valence-corrected chi connectivity index (χ0v) is 14.7. The van der Waals surface area contributed by atoms with Gasteiger partial charge in [0.1, 0.15) is 5.82 Å². The number of rotatable bonds is 3. The number of nitrogens with one attached hydrogen (secondary N) is 1. The standard InChI is InChI=1S/C20H14F3N5/c1-12-25-18(14-5-4-13-3-2-10-24-17(13)11-14)28-19(26-12)27-16-8-6-15(7-9-16)20(21,22)23/h2-11H,1H3,(H,25,26,27,28). The fourth-order valence-electron chi connectivity index (χ4n) is 2.74. The molecule has 0 saturated heterocycles. The molecule has 0 aliphatic rings. The molecule has 0 atom stereocenters. The summed E-state index contributed by atoms with van der Waals surface area (Å²) in [5, 5.41) is 3.93. The highest BCUT2D eigenvalue weighted by atomic mass is 19.4. The Bertz CT molecular complexity index is 1140. The zero-order valence-electron chi connectivity index (χ0n) is 14.7. The molecular weight excluding hydrogens is 367 g/mol. The highest BCUT2D eigenvalue weighted by Crippen LogP contribution is 2.30. The predicted octanol–water partition coefficient (Wildman–Crippen LogP) is 5.16. The van der Waals surface area contributed by atoms with Crippen molar-refractivity contribution in [3.8, 4) is 11.4 Å². The van der Waals surface area contributed by atoms with E-state index in [1.54, 1.807) is 13.1 Å². The number of pyridine rings is 1. The van der Waals surface area contributed by atoms with Crippen LogP contribution in [0.1, 0.15) is 11.4 Å². The van der Waals surface area contributed by atoms with Gasteiger partial charge in [-0.2, -0.15) is 23.1 Å². The van der Waals surface area contributed by atoms with E-state index in [4.69, 9.17) is 0 Å². The number of nitrogens with zero attached hydrogens (tertiary/aromatic N) is 4. The molecule has 8 heteroatoms. The van der Waals surface area contributed by atoms with Gasteiger partial charge in [-0.05, 0) is 43.3 Å². The first-order chi connectivity index (χ1) is 13.4. The number of aromatic nitrogens is 4. The van der Waals surface area contributed by atoms with Crippen molar-refractivity contribution in [1.29, 1.82) is 0 Å². The summed E-state index contributed by atoms with van der Waals surface area (Å²) in [5.41, 5.74) is 1.32. The summed E-state index contributed by atoms with van der Waals surface area (Å²) in [6, 6.07) is 14.2. The summed E-state index contributed by atoms with van der Waals surface area (Å²) in [6.07, 6.45) is -2.66. The molecule has 5 nitrogen and oxygen atoms in total. The van der Waals surface area contributed by atoms with Crippen LogP contribution < -0.4 is 5.32 Å². The van der Waals surface area contributed by atoms with Crippen molar-refractivity contribution >= 4 is 22.5 Å². The average Bonchev–Trinajstić information content (AvgIpc) is 2.67. The van der Waals surface area contributed by atoms with Gasteiger partial charge in [0.25, 0.3) is 0 Å². The van der Waals surface area contributed by atoms with Gasteiger partial charge in [-0.25, -0.2) is 4.98 Å². The number of aryl methyl sites for hydroxylation is 1. The number of hydrogen-bond acceptors (Lipinski definition) is 5. The third kappa shape index (κ3) is 3.75. The van der Waals surface area contributed by atoms with Crippen molar-refractivity contribution in [2.75, 3.05) is 5.32 Å². The lowest BCUT2D eigenvalue weighted by Gasteiger charge is -2.10. The first-order valence-corrected chi connectivity index (χ1v) is 8.41. The second-order valence-electron chi connectivity index (χ2n) is 6.14. The highest BCUT2D eigenvalue weighted by molar-refractivity contribution is 5.82. The van der Waals surface area contributed by atoms with Gasteiger partial charge in [0.05, 0.1) is 11.1 Å². The summed E-state index contributed by atoms with van der Waals surface area (Å²) in [7, 11) is 0. The van der Waals surface area contributed by atoms with Crippen LogP contribution >= 0.6 is 0 Å². The molecule has 0 saturated carbocycles. The maximum absolute atomic E-state index is 12.7. The Morgan fingerprint density at radius 1 is 0.893 bits per heavy atom. The highest BCUT2D eigenvalue weighted by Gasteiger charge is 2.29. The molecule has 1 N–H and O–H groups in total. The Morgan fingerprint density at radius 3 is 2.43 bits per heavy atom. The lowest BCUT2D eigenvalue weighted by molar-refractivity contribution is -0.137. The Labute approximate surface area is 158 Å². The van der Waals surface area contributed by atoms with Crippen LogP contribution in [0.15, 0.2) is 60.8 Å². The molecule has 0 radical (unpaired) electrons. The molecule has 2 heterocycles. The van der Waals surface area contributed by atoms with Gasteiger partial charge in [-0.15, -0.1) is 0 Å². The van der Waals surface area contributed by atoms with Gasteiger partial charge in [0.15, 0.2) is 5.82 Å². The van der Waals surface area contributed by atoms with Gasteiger partial charge >= 0.3 is 6.18 Å². The number of fused-ring (bicyclic) bond motifs is 1. The molecular formula is C20H14F3N5. The van der Waals surface area contributed by atoms with Gasteiger partial charge in [0.2, 0.25) is 5.95 Å². The van der Waals surface area contributed by atoms with E-state index in [0.29, 0.717) is 17.3 Å². The van der Waals surface area contributed by atoms with Crippen molar-refractivity contribution in [2.24, 2.45) is 0 Å². The molecule has 2 aromatic heterocycles. The Hall–Kier alpha value is -3.55. The fraction of sp³-hybridized carbons (Fsp3) is 0.100. The third-order valence-corrected chi connectivity index (χ3v) is 4.08. The summed E-state index contributed by atoms with van der Waals surface area (Å²) in [6.45, 7) is 1.72. The molecule has 0 aliphatic heterocycles. The summed E-state index contributed by atoms with van der Waals surface area (Å²) in [5.74, 6) is 1.19. The van der Waals surface area contributed by atoms with Crippen molar-refractivity contribution in [1.82, 2.24) is 19.9 Å². The minimum Gasteiger partial charge on any atom is -0.324 e. The van der Waals surface area contributed by atoms with Gasteiger partial charge in [-0.1, -0.05) is 18.2 Å². The monoisotopic (exact) mass is 381 g/mol. The molecule has 0 bridgehead atoms. The summed E-state index contributed by atoms with van der Waals surface area (Å²) < 4.78 is 38.1. The largest absolute Gasteiger partial charge is 0.416 e. The van der Waals surface area contributed by atoms with E-state index < -0.39 is 11.7 Å². The van der Waals surface area contributed by atoms with Crippen molar-refractivity contribution in [3.63, 3.8) is 0 Å². The first-order valence-electron chi connectivity index (χ1n) is 8.41. The molecule has 140 valence electrons. The van der Waals surface area contributed by atoms with E-state index in [0.717, 1.165) is 28.6 Å². The number of anilines is 2. The van der Waals surface area contributed by atoms with Gasteiger partial charge in [0, 0.05) is 22.8 Å². The van der Waals surface area contributed by atoms with Crippen LogP contribution in [0.4, 0.5) is 24.8 Å².